The highest BCUT2D eigenvalue weighted by molar-refractivity contribution is 7.80. The van der Waals surface area contributed by atoms with E-state index in [1.165, 1.54) is 0 Å². The van der Waals surface area contributed by atoms with Crippen molar-refractivity contribution in [2.24, 2.45) is 0 Å². The molecule has 2 bridgehead atoms. The van der Waals surface area contributed by atoms with Crippen LogP contribution in [0.4, 0.5) is 13.6 Å². The van der Waals surface area contributed by atoms with Crippen LogP contribution in [0.2, 0.25) is 0 Å². The minimum atomic E-state index is -4.84. The molecule has 0 aromatic heterocycles. The number of hydrogen-bond acceptors (Lipinski definition) is 4. The molecular formula is C8H12F2N2O5S. The highest BCUT2D eigenvalue weighted by Crippen LogP contribution is 2.37. The third-order valence-electron chi connectivity index (χ3n) is 3.08. The van der Waals surface area contributed by atoms with Gasteiger partial charge < -0.3 is 4.90 Å². The minimum absolute atomic E-state index is 0.0392. The maximum Gasteiger partial charge on any atom is 0.418 e. The normalized spacial score (nSPS) is 29.0. The Morgan fingerprint density at radius 3 is 2.56 bits per heavy atom. The van der Waals surface area contributed by atoms with Gasteiger partial charge in [0.25, 0.3) is 5.92 Å². The molecule has 0 aromatic carbocycles. The van der Waals surface area contributed by atoms with Crippen molar-refractivity contribution < 1.29 is 30.8 Å². The van der Waals surface area contributed by atoms with Crippen molar-refractivity contribution in [3.63, 3.8) is 0 Å². The molecule has 104 valence electrons. The first kappa shape index (κ1) is 13.4. The minimum Gasteiger partial charge on any atom is -0.312 e. The second-order valence-corrected chi connectivity index (χ2v) is 5.47. The zero-order chi connectivity index (χ0) is 13.7. The highest BCUT2D eigenvalue weighted by atomic mass is 32.3. The number of carbonyl (C=O) groups is 1. The molecule has 2 aliphatic rings. The summed E-state index contributed by atoms with van der Waals surface area (Å²) in [5.74, 6) is -3.07. The fourth-order valence-corrected chi connectivity index (χ4v) is 2.75. The van der Waals surface area contributed by atoms with Crippen molar-refractivity contribution in [2.45, 2.75) is 37.8 Å². The zero-order valence-corrected chi connectivity index (χ0v) is 10.2. The Hall–Kier alpha value is -1.00. The van der Waals surface area contributed by atoms with Gasteiger partial charge in [-0.2, -0.15) is 13.5 Å². The molecule has 7 nitrogen and oxygen atoms in total. The molecule has 2 amide bonds. The van der Waals surface area contributed by atoms with Gasteiger partial charge in [0.15, 0.2) is 0 Å². The number of halogens is 2. The maximum atomic E-state index is 13.3. The van der Waals surface area contributed by atoms with Gasteiger partial charge in [-0.3, -0.25) is 4.55 Å². The number of nitrogens with zero attached hydrogens (tertiary/aromatic N) is 2. The quantitative estimate of drug-likeness (QED) is 0.769. The molecular weight excluding hydrogens is 274 g/mol. The Morgan fingerprint density at radius 2 is 2.06 bits per heavy atom. The van der Waals surface area contributed by atoms with E-state index >= 15 is 0 Å². The maximum absolute atomic E-state index is 13.3. The van der Waals surface area contributed by atoms with E-state index in [4.69, 9.17) is 4.55 Å². The average molecular weight is 286 g/mol. The number of alkyl halides is 2. The van der Waals surface area contributed by atoms with Gasteiger partial charge in [-0.05, 0) is 12.8 Å². The van der Waals surface area contributed by atoms with Crippen LogP contribution in [0, 0.1) is 0 Å². The lowest BCUT2D eigenvalue weighted by molar-refractivity contribution is -0.0608. The van der Waals surface area contributed by atoms with Crippen LogP contribution in [0.15, 0.2) is 0 Å². The summed E-state index contributed by atoms with van der Waals surface area (Å²) in [4.78, 5) is 12.6. The van der Waals surface area contributed by atoms with Crippen molar-refractivity contribution in [1.29, 1.82) is 0 Å². The summed E-state index contributed by atoms with van der Waals surface area (Å²) in [5, 5.41) is 0.446. The van der Waals surface area contributed by atoms with Crippen LogP contribution in [0.3, 0.4) is 0 Å². The molecule has 0 saturated carbocycles. The van der Waals surface area contributed by atoms with Gasteiger partial charge >= 0.3 is 16.4 Å². The molecule has 2 saturated heterocycles. The lowest BCUT2D eigenvalue weighted by Gasteiger charge is -2.34. The molecule has 2 rings (SSSR count). The number of hydrogen-bond donors (Lipinski definition) is 1. The third kappa shape index (κ3) is 2.40. The average Bonchev–Trinajstić information content (AvgIpc) is 2.40. The molecule has 0 aliphatic carbocycles. The van der Waals surface area contributed by atoms with Crippen LogP contribution in [0.25, 0.3) is 0 Å². The summed E-state index contributed by atoms with van der Waals surface area (Å²) in [6.45, 7) is 0.667. The Labute approximate surface area is 102 Å². The van der Waals surface area contributed by atoms with E-state index in [2.05, 4.69) is 4.28 Å². The van der Waals surface area contributed by atoms with Gasteiger partial charge in [0.2, 0.25) is 0 Å². The Kier molecular flexibility index (Phi) is 2.98. The summed E-state index contributed by atoms with van der Waals surface area (Å²) in [5.41, 5.74) is 0. The number of hydroxylamine groups is 2. The van der Waals surface area contributed by atoms with Crippen molar-refractivity contribution in [2.75, 3.05) is 6.54 Å². The Balaban J connectivity index is 2.20. The van der Waals surface area contributed by atoms with Crippen molar-refractivity contribution in [3.8, 4) is 0 Å². The van der Waals surface area contributed by atoms with Crippen LogP contribution >= 0.6 is 0 Å². The van der Waals surface area contributed by atoms with Gasteiger partial charge in [-0.15, -0.1) is 4.28 Å². The van der Waals surface area contributed by atoms with Gasteiger partial charge in [-0.25, -0.2) is 13.6 Å². The monoisotopic (exact) mass is 286 g/mol. The number of rotatable bonds is 3. The van der Waals surface area contributed by atoms with E-state index in [0.29, 0.717) is 12.0 Å². The number of urea groups is 1. The molecule has 0 radical (unpaired) electrons. The first-order chi connectivity index (χ1) is 8.09. The van der Waals surface area contributed by atoms with Crippen LogP contribution < -0.4 is 0 Å². The molecule has 1 N–H and O–H groups in total. The summed E-state index contributed by atoms with van der Waals surface area (Å²) in [7, 11) is -4.84. The van der Waals surface area contributed by atoms with Gasteiger partial charge in [0.05, 0.1) is 12.1 Å². The molecule has 2 fully saturated rings. The highest BCUT2D eigenvalue weighted by Gasteiger charge is 2.53. The van der Waals surface area contributed by atoms with Crippen LogP contribution in [0.1, 0.15) is 19.8 Å². The number of fused-ring (bicyclic) bond motifs is 2. The lowest BCUT2D eigenvalue weighted by Crippen LogP contribution is -2.49. The van der Waals surface area contributed by atoms with Gasteiger partial charge in [0.1, 0.15) is 0 Å². The second kappa shape index (κ2) is 4.00. The molecule has 0 spiro atoms. The molecule has 10 heteroatoms. The largest absolute Gasteiger partial charge is 0.418 e. The first-order valence-electron chi connectivity index (χ1n) is 5.24. The predicted octanol–water partition coefficient (Wildman–Crippen LogP) is 0.645. The van der Waals surface area contributed by atoms with E-state index < -0.39 is 34.4 Å². The zero-order valence-electron chi connectivity index (χ0n) is 9.41. The van der Waals surface area contributed by atoms with Gasteiger partial charge in [-0.1, -0.05) is 0 Å². The topological polar surface area (TPSA) is 87.2 Å². The second-order valence-electron chi connectivity index (χ2n) is 4.47. The molecule has 2 heterocycles. The van der Waals surface area contributed by atoms with E-state index in [-0.39, 0.29) is 19.4 Å². The molecule has 2 atom stereocenters. The number of piperidine rings is 1. The molecule has 18 heavy (non-hydrogen) atoms. The number of carbonyl (C=O) groups excluding carboxylic acids is 1. The fourth-order valence-electron chi connectivity index (χ4n) is 2.36. The van der Waals surface area contributed by atoms with Crippen LogP contribution in [-0.4, -0.2) is 53.5 Å². The van der Waals surface area contributed by atoms with E-state index in [9.17, 15) is 22.0 Å². The molecule has 0 aromatic rings. The molecule has 2 aliphatic heterocycles. The van der Waals surface area contributed by atoms with E-state index in [0.717, 1.165) is 4.90 Å². The standard InChI is InChI=1S/C8H12F2N2O5S/c1-8(9,10)6-3-2-5-4-11(6)7(13)12(5)17-18(14,15)16/h5-6H,2-4H2,1H3,(H,14,15,16)/t5-,6-/m0/s1. The fraction of sp³-hybridized carbons (Fsp3) is 0.875. The van der Waals surface area contributed by atoms with Crippen molar-refractivity contribution >= 4 is 16.4 Å². The smallest absolute Gasteiger partial charge is 0.312 e. The summed E-state index contributed by atoms with van der Waals surface area (Å²) < 4.78 is 60.3. The first-order valence-corrected chi connectivity index (χ1v) is 6.61. The lowest BCUT2D eigenvalue weighted by atomic mass is 9.97. The third-order valence-corrected chi connectivity index (χ3v) is 3.43. The summed E-state index contributed by atoms with van der Waals surface area (Å²) in [6.07, 6.45) is 0.233. The van der Waals surface area contributed by atoms with Crippen LogP contribution in [0.5, 0.6) is 0 Å². The SMILES string of the molecule is CC(F)(F)[C@@H]1CC[C@H]2CN1C(=O)N2OS(=O)(=O)O. The summed E-state index contributed by atoms with van der Waals surface area (Å²) in [6, 6.07) is -2.89. The predicted molar refractivity (Wildman–Crippen MR) is 54.0 cm³/mol. The van der Waals surface area contributed by atoms with E-state index in [1.807, 2.05) is 0 Å². The Morgan fingerprint density at radius 1 is 1.44 bits per heavy atom. The van der Waals surface area contributed by atoms with Gasteiger partial charge in [0, 0.05) is 13.5 Å². The van der Waals surface area contributed by atoms with Crippen molar-refractivity contribution in [3.05, 3.63) is 0 Å². The summed E-state index contributed by atoms with van der Waals surface area (Å²) >= 11 is 0. The molecule has 0 unspecified atom stereocenters. The van der Waals surface area contributed by atoms with E-state index in [1.54, 1.807) is 0 Å². The van der Waals surface area contributed by atoms with Crippen LogP contribution in [-0.2, 0) is 14.7 Å². The Bertz CT molecular complexity index is 463. The number of amides is 2. The van der Waals surface area contributed by atoms with Crippen molar-refractivity contribution in [1.82, 2.24) is 9.96 Å².